The monoisotopic (exact) mass is 463 g/mol. The summed E-state index contributed by atoms with van der Waals surface area (Å²) in [4.78, 5) is 26.9. The van der Waals surface area contributed by atoms with E-state index in [1.807, 2.05) is 25.1 Å². The molecule has 1 aliphatic heterocycles. The zero-order chi connectivity index (χ0) is 23.2. The van der Waals surface area contributed by atoms with Gasteiger partial charge in [-0.3, -0.25) is 14.5 Å². The Hall–Kier alpha value is -2.97. The predicted molar refractivity (Wildman–Crippen MR) is 130 cm³/mol. The molecule has 2 heterocycles. The van der Waals surface area contributed by atoms with E-state index in [1.165, 1.54) is 37.1 Å². The summed E-state index contributed by atoms with van der Waals surface area (Å²) in [5.41, 5.74) is 2.35. The van der Waals surface area contributed by atoms with E-state index in [4.69, 9.17) is 0 Å². The number of hydrogen-bond donors (Lipinski definition) is 1. The van der Waals surface area contributed by atoms with E-state index < -0.39 is 0 Å². The maximum Gasteiger partial charge on any atom is 0.237 e. The molecule has 172 valence electrons. The van der Waals surface area contributed by atoms with Crippen LogP contribution in [0.4, 0.5) is 5.69 Å². The second kappa shape index (κ2) is 10.8. The fourth-order valence-corrected chi connectivity index (χ4v) is 4.73. The Bertz CT molecular complexity index is 1110. The molecule has 0 radical (unpaired) electrons. The van der Waals surface area contributed by atoms with Crippen molar-refractivity contribution >= 4 is 29.1 Å². The van der Waals surface area contributed by atoms with Gasteiger partial charge in [-0.25, -0.2) is 0 Å². The van der Waals surface area contributed by atoms with Crippen molar-refractivity contribution < 1.29 is 9.59 Å². The highest BCUT2D eigenvalue weighted by atomic mass is 32.2. The Balaban J connectivity index is 1.49. The van der Waals surface area contributed by atoms with Gasteiger partial charge in [0.15, 0.2) is 10.9 Å². The molecule has 1 atom stereocenters. The van der Waals surface area contributed by atoms with Crippen molar-refractivity contribution in [3.05, 3.63) is 71.5 Å². The van der Waals surface area contributed by atoms with Gasteiger partial charge in [-0.1, -0.05) is 54.2 Å². The third-order valence-electron chi connectivity index (χ3n) is 5.73. The van der Waals surface area contributed by atoms with Gasteiger partial charge < -0.3 is 9.88 Å². The van der Waals surface area contributed by atoms with Crippen LogP contribution in [0.2, 0.25) is 0 Å². The van der Waals surface area contributed by atoms with Crippen LogP contribution in [0, 0.1) is 0 Å². The number of rotatable bonds is 9. The summed E-state index contributed by atoms with van der Waals surface area (Å²) in [6.45, 7) is 6.96. The van der Waals surface area contributed by atoms with Crippen LogP contribution in [-0.4, -0.2) is 49.7 Å². The molecule has 2 aromatic carbocycles. The summed E-state index contributed by atoms with van der Waals surface area (Å²) in [6, 6.07) is 17.2. The van der Waals surface area contributed by atoms with Gasteiger partial charge in [0.25, 0.3) is 0 Å². The van der Waals surface area contributed by atoms with E-state index in [0.29, 0.717) is 17.8 Å². The quantitative estimate of drug-likeness (QED) is 0.378. The Morgan fingerprint density at radius 3 is 2.52 bits per heavy atom. The molecule has 1 saturated heterocycles. The van der Waals surface area contributed by atoms with E-state index >= 15 is 0 Å². The molecule has 1 aliphatic rings. The van der Waals surface area contributed by atoms with Crippen LogP contribution in [0.15, 0.2) is 59.8 Å². The van der Waals surface area contributed by atoms with Crippen molar-refractivity contribution in [2.24, 2.45) is 0 Å². The SMILES string of the molecule is CC(=O)c1cccc(NC(=O)[C@H](C)Sc2nnc(CN3CCCC3)n2Cc2ccccc2)c1. The summed E-state index contributed by atoms with van der Waals surface area (Å²) in [6.07, 6.45) is 2.44. The summed E-state index contributed by atoms with van der Waals surface area (Å²) in [5.74, 6) is 0.745. The molecule has 1 amide bonds. The molecule has 0 aliphatic carbocycles. The molecule has 0 spiro atoms. The maximum absolute atomic E-state index is 12.9. The number of anilines is 1. The molecule has 0 saturated carbocycles. The highest BCUT2D eigenvalue weighted by Crippen LogP contribution is 2.26. The van der Waals surface area contributed by atoms with Crippen molar-refractivity contribution in [1.82, 2.24) is 19.7 Å². The highest BCUT2D eigenvalue weighted by molar-refractivity contribution is 8.00. The Morgan fingerprint density at radius 2 is 1.79 bits per heavy atom. The number of nitrogens with zero attached hydrogens (tertiary/aromatic N) is 4. The number of hydrogen-bond acceptors (Lipinski definition) is 6. The summed E-state index contributed by atoms with van der Waals surface area (Å²) in [7, 11) is 0. The van der Waals surface area contributed by atoms with Crippen molar-refractivity contribution in [3.8, 4) is 0 Å². The molecule has 3 aromatic rings. The number of aromatic nitrogens is 3. The first kappa shape index (κ1) is 23.2. The smallest absolute Gasteiger partial charge is 0.237 e. The molecular formula is C25H29N5O2S. The van der Waals surface area contributed by atoms with Crippen molar-refractivity contribution in [2.45, 2.75) is 50.2 Å². The number of benzene rings is 2. The molecule has 4 rings (SSSR count). The number of thioether (sulfide) groups is 1. The third kappa shape index (κ3) is 6.09. The molecule has 0 unspecified atom stereocenters. The standard InChI is InChI=1S/C25H29N5O2S/c1-18(31)21-11-8-12-22(15-21)26-24(32)19(2)33-25-28-27-23(17-29-13-6-7-14-29)30(25)16-20-9-4-3-5-10-20/h3-5,8-12,15,19H,6-7,13-14,16-17H2,1-2H3,(H,26,32)/t19-/m0/s1. The maximum atomic E-state index is 12.9. The van der Waals surface area contributed by atoms with Crippen LogP contribution in [0.5, 0.6) is 0 Å². The minimum Gasteiger partial charge on any atom is -0.325 e. The van der Waals surface area contributed by atoms with Crippen molar-refractivity contribution in [1.29, 1.82) is 0 Å². The van der Waals surface area contributed by atoms with Gasteiger partial charge in [0.1, 0.15) is 5.82 Å². The molecule has 1 fully saturated rings. The number of ketones is 1. The van der Waals surface area contributed by atoms with E-state index in [0.717, 1.165) is 30.6 Å². The fraction of sp³-hybridized carbons (Fsp3) is 0.360. The number of nitrogens with one attached hydrogen (secondary N) is 1. The first-order valence-corrected chi connectivity index (χ1v) is 12.1. The lowest BCUT2D eigenvalue weighted by atomic mass is 10.1. The predicted octanol–water partition coefficient (Wildman–Crippen LogP) is 4.24. The highest BCUT2D eigenvalue weighted by Gasteiger charge is 2.22. The zero-order valence-electron chi connectivity index (χ0n) is 19.0. The van der Waals surface area contributed by atoms with Gasteiger partial charge in [-0.15, -0.1) is 10.2 Å². The van der Waals surface area contributed by atoms with E-state index in [1.54, 1.807) is 24.3 Å². The average Bonchev–Trinajstić information content (AvgIpc) is 3.46. The minimum atomic E-state index is -0.385. The lowest BCUT2D eigenvalue weighted by Crippen LogP contribution is -2.24. The van der Waals surface area contributed by atoms with Crippen LogP contribution in [0.25, 0.3) is 0 Å². The molecule has 1 N–H and O–H groups in total. The molecule has 8 heteroatoms. The van der Waals surface area contributed by atoms with Gasteiger partial charge in [0, 0.05) is 11.3 Å². The van der Waals surface area contributed by atoms with Crippen LogP contribution < -0.4 is 5.32 Å². The van der Waals surface area contributed by atoms with Gasteiger partial charge in [-0.05, 0) is 57.5 Å². The fourth-order valence-electron chi connectivity index (χ4n) is 3.86. The molecule has 1 aromatic heterocycles. The second-order valence-electron chi connectivity index (χ2n) is 8.34. The van der Waals surface area contributed by atoms with E-state index in [-0.39, 0.29) is 16.9 Å². The van der Waals surface area contributed by atoms with Gasteiger partial charge in [-0.2, -0.15) is 0 Å². The van der Waals surface area contributed by atoms with E-state index in [2.05, 4.69) is 37.1 Å². The number of carbonyl (C=O) groups excluding carboxylic acids is 2. The first-order chi connectivity index (χ1) is 16.0. The summed E-state index contributed by atoms with van der Waals surface area (Å²) in [5, 5.41) is 12.2. The van der Waals surface area contributed by atoms with Gasteiger partial charge in [0.05, 0.1) is 18.3 Å². The Labute approximate surface area is 198 Å². The second-order valence-corrected chi connectivity index (χ2v) is 9.65. The summed E-state index contributed by atoms with van der Waals surface area (Å²) < 4.78 is 2.12. The molecule has 7 nitrogen and oxygen atoms in total. The lowest BCUT2D eigenvalue weighted by molar-refractivity contribution is -0.115. The van der Waals surface area contributed by atoms with E-state index in [9.17, 15) is 9.59 Å². The van der Waals surface area contributed by atoms with Crippen LogP contribution in [0.3, 0.4) is 0 Å². The van der Waals surface area contributed by atoms with Crippen molar-refractivity contribution in [3.63, 3.8) is 0 Å². The Kier molecular flexibility index (Phi) is 7.57. The molecule has 33 heavy (non-hydrogen) atoms. The van der Waals surface area contributed by atoms with Gasteiger partial charge >= 0.3 is 0 Å². The Morgan fingerprint density at radius 1 is 1.03 bits per heavy atom. The van der Waals surface area contributed by atoms with Crippen LogP contribution in [0.1, 0.15) is 48.4 Å². The minimum absolute atomic E-state index is 0.0342. The van der Waals surface area contributed by atoms with Crippen molar-refractivity contribution in [2.75, 3.05) is 18.4 Å². The molecule has 0 bridgehead atoms. The number of amides is 1. The summed E-state index contributed by atoms with van der Waals surface area (Å²) >= 11 is 1.40. The number of carbonyl (C=O) groups is 2. The van der Waals surface area contributed by atoms with Crippen LogP contribution >= 0.6 is 11.8 Å². The first-order valence-electron chi connectivity index (χ1n) is 11.3. The zero-order valence-corrected chi connectivity index (χ0v) is 19.8. The third-order valence-corrected chi connectivity index (χ3v) is 6.81. The number of Topliss-reactive ketones (excluding diaryl/α,β-unsaturated/α-hetero) is 1. The topological polar surface area (TPSA) is 80.1 Å². The average molecular weight is 464 g/mol. The molecular weight excluding hydrogens is 434 g/mol. The lowest BCUT2D eigenvalue weighted by Gasteiger charge is -2.17. The van der Waals surface area contributed by atoms with Gasteiger partial charge in [0.2, 0.25) is 5.91 Å². The number of likely N-dealkylation sites (tertiary alicyclic amines) is 1. The normalized spacial score (nSPS) is 14.8. The van der Waals surface area contributed by atoms with Crippen LogP contribution in [-0.2, 0) is 17.9 Å². The largest absolute Gasteiger partial charge is 0.325 e.